The van der Waals surface area contributed by atoms with Crippen LogP contribution in [0, 0.1) is 5.82 Å². The average molecular weight is 310 g/mol. The van der Waals surface area contributed by atoms with Gasteiger partial charge in [0, 0.05) is 37.9 Å². The van der Waals surface area contributed by atoms with Crippen LogP contribution in [0.1, 0.15) is 22.6 Å². The molecule has 0 radical (unpaired) electrons. The second-order valence-corrected chi connectivity index (χ2v) is 5.48. The molecule has 1 aliphatic rings. The molecule has 0 spiro atoms. The smallest absolute Gasteiger partial charge is 0.298 e. The van der Waals surface area contributed by atoms with Gasteiger partial charge in [0.15, 0.2) is 0 Å². The monoisotopic (exact) mass is 310 g/mol. The maximum absolute atomic E-state index is 13.3. The first-order valence-electron chi connectivity index (χ1n) is 6.91. The molecule has 116 valence electrons. The first-order valence-corrected chi connectivity index (χ1v) is 6.91. The first kappa shape index (κ1) is 15.0. The van der Waals surface area contributed by atoms with Gasteiger partial charge in [0.1, 0.15) is 5.82 Å². The molecule has 0 amide bonds. The van der Waals surface area contributed by atoms with E-state index in [0.717, 1.165) is 23.8 Å². The molecule has 1 aliphatic heterocycles. The van der Waals surface area contributed by atoms with Crippen LogP contribution in [0.4, 0.5) is 17.6 Å². The highest BCUT2D eigenvalue weighted by Gasteiger charge is 2.35. The number of hydrogen-bond acceptors (Lipinski definition) is 2. The molecule has 1 aromatic heterocycles. The molecular formula is C16H14F4N2. The molecular weight excluding hydrogens is 296 g/mol. The highest BCUT2D eigenvalue weighted by Crippen LogP contribution is 2.35. The summed E-state index contributed by atoms with van der Waals surface area (Å²) in [5, 5.41) is 0. The number of hydrogen-bond donors (Lipinski definition) is 0. The second kappa shape index (κ2) is 5.68. The van der Waals surface area contributed by atoms with Crippen molar-refractivity contribution in [3.63, 3.8) is 0 Å². The van der Waals surface area contributed by atoms with Gasteiger partial charge < -0.3 is 0 Å². The lowest BCUT2D eigenvalue weighted by atomic mass is 9.92. The Morgan fingerprint density at radius 1 is 1.18 bits per heavy atom. The van der Waals surface area contributed by atoms with Crippen molar-refractivity contribution in [3.05, 3.63) is 65.2 Å². The zero-order chi connectivity index (χ0) is 15.7. The van der Waals surface area contributed by atoms with Crippen LogP contribution in [-0.2, 0) is 12.7 Å². The Balaban J connectivity index is 1.69. The van der Waals surface area contributed by atoms with Crippen LogP contribution in [0.25, 0.3) is 0 Å². The molecule has 2 aromatic rings. The first-order chi connectivity index (χ1) is 10.4. The van der Waals surface area contributed by atoms with Crippen molar-refractivity contribution in [2.24, 2.45) is 0 Å². The van der Waals surface area contributed by atoms with Crippen LogP contribution >= 0.6 is 0 Å². The average Bonchev–Trinajstić information content (AvgIpc) is 2.42. The number of halogens is 4. The van der Waals surface area contributed by atoms with E-state index in [4.69, 9.17) is 0 Å². The summed E-state index contributed by atoms with van der Waals surface area (Å²) in [6.45, 7) is 1.41. The summed E-state index contributed by atoms with van der Waals surface area (Å²) < 4.78 is 52.1. The Labute approximate surface area is 125 Å². The molecule has 0 unspecified atom stereocenters. The maximum atomic E-state index is 13.3. The molecule has 0 saturated carbocycles. The van der Waals surface area contributed by atoms with Gasteiger partial charge in [-0.05, 0) is 35.4 Å². The van der Waals surface area contributed by atoms with Crippen molar-refractivity contribution in [1.29, 1.82) is 0 Å². The quantitative estimate of drug-likeness (QED) is 0.801. The number of likely N-dealkylation sites (tertiary alicyclic amines) is 1. The Morgan fingerprint density at radius 2 is 1.95 bits per heavy atom. The fraction of sp³-hybridized carbons (Fsp3) is 0.312. The van der Waals surface area contributed by atoms with Crippen molar-refractivity contribution in [2.45, 2.75) is 18.6 Å². The number of alkyl halides is 3. The summed E-state index contributed by atoms with van der Waals surface area (Å²) in [5.74, 6) is -0.371. The van der Waals surface area contributed by atoms with Gasteiger partial charge in [-0.2, -0.15) is 13.2 Å². The summed E-state index contributed by atoms with van der Waals surface area (Å²) in [6.07, 6.45) is -1.01. The number of nitrogens with zero attached hydrogens (tertiary/aromatic N) is 2. The number of pyridine rings is 1. The third-order valence-electron chi connectivity index (χ3n) is 3.88. The van der Waals surface area contributed by atoms with Crippen molar-refractivity contribution < 1.29 is 17.6 Å². The molecule has 2 heterocycles. The predicted molar refractivity (Wildman–Crippen MR) is 73.7 cm³/mol. The summed E-state index contributed by atoms with van der Waals surface area (Å²) in [6, 6.07) is 6.43. The highest BCUT2D eigenvalue weighted by atomic mass is 19.4. The van der Waals surface area contributed by atoms with Crippen LogP contribution < -0.4 is 0 Å². The summed E-state index contributed by atoms with van der Waals surface area (Å²) >= 11 is 0. The van der Waals surface area contributed by atoms with Gasteiger partial charge in [-0.25, -0.2) is 4.39 Å². The lowest BCUT2D eigenvalue weighted by Gasteiger charge is -2.39. The van der Waals surface area contributed by atoms with E-state index >= 15 is 0 Å². The number of rotatable bonds is 3. The lowest BCUT2D eigenvalue weighted by Crippen LogP contribution is -2.44. The Bertz CT molecular complexity index is 649. The normalized spacial score (nSPS) is 16.5. The third-order valence-corrected chi connectivity index (χ3v) is 3.88. The molecule has 2 nitrogen and oxygen atoms in total. The molecule has 6 heteroatoms. The summed E-state index contributed by atoms with van der Waals surface area (Å²) in [7, 11) is 0. The van der Waals surface area contributed by atoms with Gasteiger partial charge in [0.25, 0.3) is 0 Å². The largest absolute Gasteiger partial charge is 0.416 e. The summed E-state index contributed by atoms with van der Waals surface area (Å²) in [5.41, 5.74) is 0.296. The predicted octanol–water partition coefficient (Wildman–Crippen LogP) is 3.84. The van der Waals surface area contributed by atoms with Crippen LogP contribution in [0.5, 0.6) is 0 Å². The van der Waals surface area contributed by atoms with Crippen LogP contribution in [-0.4, -0.2) is 23.0 Å². The minimum absolute atomic E-state index is 0.0165. The van der Waals surface area contributed by atoms with Gasteiger partial charge in [-0.3, -0.25) is 9.88 Å². The molecule has 1 fully saturated rings. The van der Waals surface area contributed by atoms with Gasteiger partial charge in [0.2, 0.25) is 0 Å². The van der Waals surface area contributed by atoms with Crippen LogP contribution in [0.2, 0.25) is 0 Å². The van der Waals surface area contributed by atoms with Gasteiger partial charge >= 0.3 is 6.18 Å². The van der Waals surface area contributed by atoms with Gasteiger partial charge in [-0.15, -0.1) is 0 Å². The van der Waals surface area contributed by atoms with E-state index in [2.05, 4.69) is 4.98 Å². The summed E-state index contributed by atoms with van der Waals surface area (Å²) in [4.78, 5) is 5.91. The zero-order valence-corrected chi connectivity index (χ0v) is 11.6. The Hall–Kier alpha value is -1.95. The number of aromatic nitrogens is 1. The molecule has 0 atom stereocenters. The van der Waals surface area contributed by atoms with Crippen molar-refractivity contribution >= 4 is 0 Å². The number of benzene rings is 1. The minimum atomic E-state index is -4.46. The molecule has 1 aromatic carbocycles. The molecule has 22 heavy (non-hydrogen) atoms. The molecule has 1 saturated heterocycles. The van der Waals surface area contributed by atoms with Gasteiger partial charge in [-0.1, -0.05) is 6.07 Å². The topological polar surface area (TPSA) is 16.1 Å². The molecule has 3 rings (SSSR count). The van der Waals surface area contributed by atoms with E-state index in [-0.39, 0.29) is 18.0 Å². The Morgan fingerprint density at radius 3 is 2.59 bits per heavy atom. The van der Waals surface area contributed by atoms with Crippen molar-refractivity contribution in [3.8, 4) is 0 Å². The fourth-order valence-electron chi connectivity index (χ4n) is 2.74. The maximum Gasteiger partial charge on any atom is 0.416 e. The van der Waals surface area contributed by atoms with Crippen LogP contribution in [0.3, 0.4) is 0 Å². The minimum Gasteiger partial charge on any atom is -0.298 e. The molecule has 0 bridgehead atoms. The SMILES string of the molecule is Fc1ccc(C(F)(F)F)c(CN2CC(c3cccnc3)C2)c1. The Kier molecular flexibility index (Phi) is 3.87. The van der Waals surface area contributed by atoms with Gasteiger partial charge in [0.05, 0.1) is 5.56 Å². The van der Waals surface area contributed by atoms with Crippen molar-refractivity contribution in [1.82, 2.24) is 9.88 Å². The lowest BCUT2D eigenvalue weighted by molar-refractivity contribution is -0.138. The second-order valence-electron chi connectivity index (χ2n) is 5.48. The van der Waals surface area contributed by atoms with E-state index < -0.39 is 17.6 Å². The fourth-order valence-corrected chi connectivity index (χ4v) is 2.74. The van der Waals surface area contributed by atoms with E-state index in [1.165, 1.54) is 0 Å². The van der Waals surface area contributed by atoms with E-state index in [1.807, 2.05) is 17.0 Å². The zero-order valence-electron chi connectivity index (χ0n) is 11.6. The van der Waals surface area contributed by atoms with E-state index in [9.17, 15) is 17.6 Å². The standard InChI is InChI=1S/C16H14F4N2/c17-14-3-4-15(16(18,19)20)12(6-14)8-22-9-13(10-22)11-2-1-5-21-7-11/h1-7,13H,8-10H2. The molecule has 0 aliphatic carbocycles. The van der Waals surface area contributed by atoms with E-state index in [0.29, 0.717) is 13.1 Å². The molecule has 0 N–H and O–H groups in total. The van der Waals surface area contributed by atoms with Crippen LogP contribution in [0.15, 0.2) is 42.7 Å². The van der Waals surface area contributed by atoms with Crippen molar-refractivity contribution in [2.75, 3.05) is 13.1 Å². The highest BCUT2D eigenvalue weighted by molar-refractivity contribution is 5.31. The third kappa shape index (κ3) is 3.11. The van der Waals surface area contributed by atoms with E-state index in [1.54, 1.807) is 12.4 Å².